The fourth-order valence-electron chi connectivity index (χ4n) is 3.09. The van der Waals surface area contributed by atoms with Crippen LogP contribution in [0.2, 0.25) is 0 Å². The van der Waals surface area contributed by atoms with Gasteiger partial charge in [-0.15, -0.1) is 0 Å². The molecule has 0 spiro atoms. The molecule has 0 amide bonds. The maximum Gasteiger partial charge on any atom is 0.337 e. The molecule has 0 aromatic carbocycles. The molecule has 1 aliphatic heterocycles. The number of nitrogens with zero attached hydrogens (tertiary/aromatic N) is 1. The second-order valence-corrected chi connectivity index (χ2v) is 6.38. The van der Waals surface area contributed by atoms with Crippen LogP contribution in [0.1, 0.15) is 26.0 Å². The molecule has 4 atom stereocenters. The van der Waals surface area contributed by atoms with Crippen LogP contribution in [0.3, 0.4) is 0 Å². The third-order valence-electron chi connectivity index (χ3n) is 4.42. The van der Waals surface area contributed by atoms with Crippen molar-refractivity contribution < 1.29 is 38.0 Å². The van der Waals surface area contributed by atoms with Gasteiger partial charge < -0.3 is 28.4 Å². The number of hydrogen-bond acceptors (Lipinski definition) is 9. The normalized spacial score (nSPS) is 24.7. The van der Waals surface area contributed by atoms with E-state index in [4.69, 9.17) is 28.4 Å². The highest BCUT2D eigenvalue weighted by atomic mass is 16.8. The maximum absolute atomic E-state index is 12.1. The molecule has 160 valence electrons. The van der Waals surface area contributed by atoms with Crippen LogP contribution >= 0.6 is 0 Å². The summed E-state index contributed by atoms with van der Waals surface area (Å²) in [6, 6.07) is 5.36. The summed E-state index contributed by atoms with van der Waals surface area (Å²) in [5, 5.41) is 0. The Hall–Kier alpha value is -2.33. The van der Waals surface area contributed by atoms with Crippen molar-refractivity contribution in [1.29, 1.82) is 0 Å². The third-order valence-corrected chi connectivity index (χ3v) is 4.42. The van der Waals surface area contributed by atoms with Crippen molar-refractivity contribution in [2.24, 2.45) is 0 Å². The summed E-state index contributed by atoms with van der Waals surface area (Å²) in [7, 11) is 2.71. The quantitative estimate of drug-likeness (QED) is 0.247. The minimum absolute atomic E-state index is 0.0332. The lowest BCUT2D eigenvalue weighted by atomic mass is 10.0. The van der Waals surface area contributed by atoms with Crippen molar-refractivity contribution in [2.45, 2.75) is 44.4 Å². The molecule has 4 unspecified atom stereocenters. The van der Waals surface area contributed by atoms with Gasteiger partial charge in [-0.1, -0.05) is 19.6 Å². The smallest absolute Gasteiger partial charge is 0.337 e. The highest BCUT2D eigenvalue weighted by molar-refractivity contribution is 5.89. The largest absolute Gasteiger partial charge is 0.466 e. The van der Waals surface area contributed by atoms with E-state index in [0.717, 1.165) is 0 Å². The second-order valence-electron chi connectivity index (χ2n) is 6.38. The number of hydrogen-bond donors (Lipinski definition) is 0. The van der Waals surface area contributed by atoms with Gasteiger partial charge in [0.2, 0.25) is 5.79 Å². The van der Waals surface area contributed by atoms with Gasteiger partial charge in [0.1, 0.15) is 19.0 Å². The Kier molecular flexibility index (Phi) is 8.27. The Balaban J connectivity index is 2.40. The molecule has 1 aromatic rings. The summed E-state index contributed by atoms with van der Waals surface area (Å²) in [4.78, 5) is 28.2. The Labute approximate surface area is 169 Å². The molecule has 9 heteroatoms. The highest BCUT2D eigenvalue weighted by Gasteiger charge is 2.53. The van der Waals surface area contributed by atoms with Crippen LogP contribution in [0.4, 0.5) is 0 Å². The SMILES string of the molecule is C=C(C(=O)OC)C(OC(C)=O)C1OC(CC)(c2ccccn2)OC1COCOC. The molecular formula is C20H27NO8. The summed E-state index contributed by atoms with van der Waals surface area (Å²) in [6.45, 7) is 6.94. The minimum Gasteiger partial charge on any atom is -0.466 e. The second kappa shape index (κ2) is 10.4. The van der Waals surface area contributed by atoms with Crippen molar-refractivity contribution in [3.8, 4) is 0 Å². The van der Waals surface area contributed by atoms with Gasteiger partial charge in [0.05, 0.1) is 25.0 Å². The van der Waals surface area contributed by atoms with Crippen LogP contribution < -0.4 is 0 Å². The Morgan fingerprint density at radius 1 is 1.31 bits per heavy atom. The molecule has 1 fully saturated rings. The van der Waals surface area contributed by atoms with E-state index in [0.29, 0.717) is 12.1 Å². The van der Waals surface area contributed by atoms with Gasteiger partial charge in [0.15, 0.2) is 6.10 Å². The van der Waals surface area contributed by atoms with Crippen LogP contribution in [0.25, 0.3) is 0 Å². The summed E-state index contributed by atoms with van der Waals surface area (Å²) in [5.74, 6) is -2.53. The van der Waals surface area contributed by atoms with E-state index < -0.39 is 36.0 Å². The molecule has 2 rings (SSSR count). The minimum atomic E-state index is -1.21. The van der Waals surface area contributed by atoms with E-state index in [1.165, 1.54) is 21.1 Å². The predicted molar refractivity (Wildman–Crippen MR) is 100 cm³/mol. The summed E-state index contributed by atoms with van der Waals surface area (Å²) in [5.41, 5.74) is 0.480. The van der Waals surface area contributed by atoms with Crippen LogP contribution in [0.5, 0.6) is 0 Å². The first-order chi connectivity index (χ1) is 13.9. The van der Waals surface area contributed by atoms with E-state index in [2.05, 4.69) is 11.6 Å². The Morgan fingerprint density at radius 2 is 2.07 bits per heavy atom. The predicted octanol–water partition coefficient (Wildman–Crippen LogP) is 1.71. The zero-order chi connectivity index (χ0) is 21.4. The molecule has 0 N–H and O–H groups in total. The molecule has 29 heavy (non-hydrogen) atoms. The Bertz CT molecular complexity index is 710. The van der Waals surface area contributed by atoms with Gasteiger partial charge in [-0.3, -0.25) is 9.78 Å². The molecule has 0 radical (unpaired) electrons. The van der Waals surface area contributed by atoms with Crippen LogP contribution in [0, 0.1) is 0 Å². The molecule has 1 saturated heterocycles. The van der Waals surface area contributed by atoms with Crippen molar-refractivity contribution in [3.05, 3.63) is 42.2 Å². The van der Waals surface area contributed by atoms with E-state index in [1.807, 2.05) is 13.0 Å². The average molecular weight is 409 g/mol. The van der Waals surface area contributed by atoms with Crippen molar-refractivity contribution in [2.75, 3.05) is 27.6 Å². The summed E-state index contributed by atoms with van der Waals surface area (Å²) in [6.07, 6.45) is -0.672. The summed E-state index contributed by atoms with van der Waals surface area (Å²) < 4.78 is 33.0. The first kappa shape index (κ1) is 23.0. The molecule has 0 bridgehead atoms. The number of esters is 2. The van der Waals surface area contributed by atoms with Crippen molar-refractivity contribution in [3.63, 3.8) is 0 Å². The van der Waals surface area contributed by atoms with E-state index >= 15 is 0 Å². The van der Waals surface area contributed by atoms with Gasteiger partial charge in [-0.05, 0) is 12.1 Å². The molecule has 0 saturated carbocycles. The van der Waals surface area contributed by atoms with E-state index in [-0.39, 0.29) is 19.0 Å². The topological polar surface area (TPSA) is 102 Å². The lowest BCUT2D eigenvalue weighted by molar-refractivity contribution is -0.201. The number of aromatic nitrogens is 1. The number of pyridine rings is 1. The number of rotatable bonds is 10. The van der Waals surface area contributed by atoms with Crippen LogP contribution in [-0.2, 0) is 43.8 Å². The van der Waals surface area contributed by atoms with Crippen LogP contribution in [-0.4, -0.2) is 62.9 Å². The highest BCUT2D eigenvalue weighted by Crippen LogP contribution is 2.42. The van der Waals surface area contributed by atoms with E-state index in [9.17, 15) is 9.59 Å². The molecule has 1 aliphatic rings. The zero-order valence-electron chi connectivity index (χ0n) is 17.1. The van der Waals surface area contributed by atoms with Crippen molar-refractivity contribution >= 4 is 11.9 Å². The third kappa shape index (κ3) is 5.39. The van der Waals surface area contributed by atoms with Gasteiger partial charge in [-0.2, -0.15) is 0 Å². The monoisotopic (exact) mass is 409 g/mol. The lowest BCUT2D eigenvalue weighted by Crippen LogP contribution is -2.43. The van der Waals surface area contributed by atoms with Gasteiger partial charge >= 0.3 is 11.9 Å². The lowest BCUT2D eigenvalue weighted by Gasteiger charge is -2.28. The zero-order valence-corrected chi connectivity index (χ0v) is 17.1. The first-order valence-corrected chi connectivity index (χ1v) is 9.16. The van der Waals surface area contributed by atoms with Gasteiger partial charge in [0, 0.05) is 26.7 Å². The van der Waals surface area contributed by atoms with Gasteiger partial charge in [0.25, 0.3) is 0 Å². The molecule has 2 heterocycles. The Morgan fingerprint density at radius 3 is 2.62 bits per heavy atom. The first-order valence-electron chi connectivity index (χ1n) is 9.16. The maximum atomic E-state index is 12.1. The van der Waals surface area contributed by atoms with Gasteiger partial charge in [-0.25, -0.2) is 4.79 Å². The fourth-order valence-corrected chi connectivity index (χ4v) is 3.09. The van der Waals surface area contributed by atoms with Crippen molar-refractivity contribution in [1.82, 2.24) is 4.98 Å². The fraction of sp³-hybridized carbons (Fsp3) is 0.550. The van der Waals surface area contributed by atoms with E-state index in [1.54, 1.807) is 18.3 Å². The number of methoxy groups -OCH3 is 2. The molecule has 1 aromatic heterocycles. The molecular weight excluding hydrogens is 382 g/mol. The standard InChI is InChI=1S/C20H27NO8/c1-6-20(16-9-7-8-10-21-16)28-15(11-26-12-24-4)18(29-20)17(27-14(3)22)13(2)19(23)25-5/h7-10,15,17-18H,2,6,11-12H2,1,3-5H3. The average Bonchev–Trinajstić information content (AvgIpc) is 3.11. The number of carbonyl (C=O) groups excluding carboxylic acids is 2. The molecule has 0 aliphatic carbocycles. The molecule has 9 nitrogen and oxygen atoms in total. The summed E-state index contributed by atoms with van der Waals surface area (Å²) >= 11 is 0. The van der Waals surface area contributed by atoms with Crippen LogP contribution in [0.15, 0.2) is 36.5 Å². The number of ether oxygens (including phenoxy) is 6. The number of carbonyl (C=O) groups is 2.